The van der Waals surface area contributed by atoms with Crippen molar-refractivity contribution in [2.75, 3.05) is 10.6 Å². The minimum atomic E-state index is -0.931. The van der Waals surface area contributed by atoms with Gasteiger partial charge in [0.1, 0.15) is 36.5 Å². The Morgan fingerprint density at radius 3 is 2.52 bits per heavy atom. The van der Waals surface area contributed by atoms with E-state index in [0.717, 1.165) is 0 Å². The molecule has 1 saturated carbocycles. The summed E-state index contributed by atoms with van der Waals surface area (Å²) in [6, 6.07) is 7.94. The van der Waals surface area contributed by atoms with Crippen molar-refractivity contribution in [2.24, 2.45) is 0 Å². The van der Waals surface area contributed by atoms with Gasteiger partial charge in [0, 0.05) is 36.2 Å². The number of amides is 5. The number of carbonyl (C=O) groups is 7. The summed E-state index contributed by atoms with van der Waals surface area (Å²) >= 11 is 0. The number of nitrogens with zero attached hydrogens (tertiary/aromatic N) is 6. The highest BCUT2D eigenvalue weighted by Crippen LogP contribution is 2.33. The molecule has 18 nitrogen and oxygen atoms in total. The van der Waals surface area contributed by atoms with Crippen LogP contribution in [0.25, 0.3) is 10.9 Å². The molecule has 4 heterocycles. The molecule has 266 valence electrons. The molecule has 7 rings (SSSR count). The van der Waals surface area contributed by atoms with Gasteiger partial charge in [0.15, 0.2) is 5.78 Å². The molecule has 1 saturated heterocycles. The van der Waals surface area contributed by atoms with Crippen LogP contribution in [0.5, 0.6) is 0 Å². The second-order valence-electron chi connectivity index (χ2n) is 12.7. The lowest BCUT2D eigenvalue weighted by Gasteiger charge is -2.29. The molecular weight excluding hydrogens is 678 g/mol. The van der Waals surface area contributed by atoms with Gasteiger partial charge in [0.05, 0.1) is 35.2 Å². The first-order valence-electron chi connectivity index (χ1n) is 16.4. The van der Waals surface area contributed by atoms with E-state index in [1.54, 1.807) is 37.3 Å². The quantitative estimate of drug-likeness (QED) is 0.174. The Bertz CT molecular complexity index is 2280. The summed E-state index contributed by atoms with van der Waals surface area (Å²) in [7, 11) is 0. The SMILES string of the molecule is Cc1nc2cccc(NC(=O)Cn3cc(COC(=O)Nc4cccc5c4CN(C4CCC(=O)CC4=O)C5=O)nn3)c2c(=O)n1C1CCC(=O)NC1=O. The number of hydrogen-bond acceptors (Lipinski definition) is 12. The maximum Gasteiger partial charge on any atom is 0.412 e. The highest BCUT2D eigenvalue weighted by molar-refractivity contribution is 6.08. The van der Waals surface area contributed by atoms with Crippen molar-refractivity contribution in [1.29, 1.82) is 0 Å². The Kier molecular flexibility index (Phi) is 8.87. The summed E-state index contributed by atoms with van der Waals surface area (Å²) in [5.74, 6) is -2.09. The lowest BCUT2D eigenvalue weighted by Crippen LogP contribution is -2.45. The fraction of sp³-hybridized carbons (Fsp3) is 0.324. The summed E-state index contributed by atoms with van der Waals surface area (Å²) in [6.45, 7) is 1.07. The number of aromatic nitrogens is 5. The summed E-state index contributed by atoms with van der Waals surface area (Å²) in [5, 5.41) is 15.5. The Labute approximate surface area is 293 Å². The zero-order chi connectivity index (χ0) is 36.7. The second kappa shape index (κ2) is 13.6. The number of fused-ring (bicyclic) bond motifs is 2. The number of ketones is 2. The number of rotatable bonds is 8. The van der Waals surface area contributed by atoms with Crippen LogP contribution in [0.15, 0.2) is 47.4 Å². The molecule has 3 aliphatic rings. The van der Waals surface area contributed by atoms with Crippen LogP contribution in [0.3, 0.4) is 0 Å². The van der Waals surface area contributed by atoms with E-state index >= 15 is 0 Å². The number of ether oxygens (including phenoxy) is 1. The average molecular weight is 710 g/mol. The van der Waals surface area contributed by atoms with Gasteiger partial charge in [0.2, 0.25) is 17.7 Å². The first-order chi connectivity index (χ1) is 25.0. The lowest BCUT2D eigenvalue weighted by molar-refractivity contribution is -0.136. The number of imide groups is 1. The predicted octanol–water partition coefficient (Wildman–Crippen LogP) is 1.31. The molecular formula is C34H31N9O9. The predicted molar refractivity (Wildman–Crippen MR) is 179 cm³/mol. The second-order valence-corrected chi connectivity index (χ2v) is 12.7. The van der Waals surface area contributed by atoms with E-state index in [4.69, 9.17) is 4.74 Å². The van der Waals surface area contributed by atoms with Crippen LogP contribution in [0.1, 0.15) is 65.6 Å². The first kappa shape index (κ1) is 33.9. The third-order valence-electron chi connectivity index (χ3n) is 9.19. The largest absolute Gasteiger partial charge is 0.443 e. The first-order valence-corrected chi connectivity index (χ1v) is 16.4. The number of aryl methyl sites for hydroxylation is 1. The maximum absolute atomic E-state index is 13.6. The summed E-state index contributed by atoms with van der Waals surface area (Å²) < 4.78 is 7.74. The summed E-state index contributed by atoms with van der Waals surface area (Å²) in [4.78, 5) is 107. The van der Waals surface area contributed by atoms with Gasteiger partial charge in [0.25, 0.3) is 11.5 Å². The minimum absolute atomic E-state index is 0.0695. The van der Waals surface area contributed by atoms with Crippen molar-refractivity contribution < 1.29 is 38.3 Å². The highest BCUT2D eigenvalue weighted by Gasteiger charge is 2.40. The third-order valence-corrected chi connectivity index (χ3v) is 9.19. The van der Waals surface area contributed by atoms with Gasteiger partial charge in [-0.15, -0.1) is 5.10 Å². The standard InChI is InChI=1S/C34H31N9O9/c1-17-35-23-6-3-7-24(30(23)33(50)43(17)26-10-11-28(46)38-31(26)48)36-29(47)15-41-13-18(39-40-41)16-52-34(51)37-22-5-2-4-20-21(22)14-42(32(20)49)25-9-8-19(44)12-27(25)45/h2-7,13,25-26H,8-12,14-16H2,1H3,(H,36,47)(H,37,51)(H,38,46,48). The molecule has 5 amide bonds. The molecule has 2 aliphatic heterocycles. The number of carbonyl (C=O) groups excluding carboxylic acids is 7. The van der Waals surface area contributed by atoms with Gasteiger partial charge in [-0.2, -0.15) is 0 Å². The molecule has 2 unspecified atom stereocenters. The van der Waals surface area contributed by atoms with E-state index < -0.39 is 41.5 Å². The van der Waals surface area contributed by atoms with Crippen molar-refractivity contribution in [1.82, 2.24) is 34.8 Å². The smallest absolute Gasteiger partial charge is 0.412 e. The van der Waals surface area contributed by atoms with E-state index in [1.165, 1.54) is 26.4 Å². The zero-order valence-electron chi connectivity index (χ0n) is 27.7. The third kappa shape index (κ3) is 6.52. The number of nitrogens with one attached hydrogen (secondary N) is 3. The molecule has 3 N–H and O–H groups in total. The van der Waals surface area contributed by atoms with Crippen LogP contribution in [-0.4, -0.2) is 76.8 Å². The molecule has 4 aromatic rings. The van der Waals surface area contributed by atoms with E-state index in [0.29, 0.717) is 22.3 Å². The highest BCUT2D eigenvalue weighted by atomic mass is 16.5. The van der Waals surface area contributed by atoms with Crippen LogP contribution in [-0.2, 0) is 48.4 Å². The molecule has 2 aromatic heterocycles. The van der Waals surface area contributed by atoms with Gasteiger partial charge in [-0.3, -0.25) is 48.8 Å². The van der Waals surface area contributed by atoms with Crippen LogP contribution in [0.2, 0.25) is 0 Å². The molecule has 52 heavy (non-hydrogen) atoms. The fourth-order valence-electron chi connectivity index (χ4n) is 6.77. The molecule has 18 heteroatoms. The molecule has 2 aromatic carbocycles. The van der Waals surface area contributed by atoms with Crippen molar-refractivity contribution in [3.05, 3.63) is 75.6 Å². The Morgan fingerprint density at radius 2 is 1.73 bits per heavy atom. The van der Waals surface area contributed by atoms with Gasteiger partial charge in [-0.05, 0) is 44.0 Å². The average Bonchev–Trinajstić information content (AvgIpc) is 3.68. The van der Waals surface area contributed by atoms with E-state index in [2.05, 4.69) is 31.2 Å². The van der Waals surface area contributed by atoms with Crippen LogP contribution in [0, 0.1) is 6.92 Å². The topological polar surface area (TPSA) is 234 Å². The van der Waals surface area contributed by atoms with E-state index in [1.807, 2.05) is 0 Å². The van der Waals surface area contributed by atoms with Crippen molar-refractivity contribution in [2.45, 2.75) is 70.8 Å². The van der Waals surface area contributed by atoms with Crippen molar-refractivity contribution in [3.63, 3.8) is 0 Å². The van der Waals surface area contributed by atoms with E-state index in [-0.39, 0.29) is 91.9 Å². The van der Waals surface area contributed by atoms with Crippen molar-refractivity contribution in [3.8, 4) is 0 Å². The number of piperidine rings is 1. The van der Waals surface area contributed by atoms with E-state index in [9.17, 15) is 38.4 Å². The normalized spacial score (nSPS) is 18.7. The molecule has 0 radical (unpaired) electrons. The molecule has 1 aliphatic carbocycles. The van der Waals surface area contributed by atoms with Gasteiger partial charge in [-0.1, -0.05) is 17.3 Å². The number of Topliss-reactive ketones (excluding diaryl/α,β-unsaturated/α-hetero) is 2. The van der Waals surface area contributed by atoms with Gasteiger partial charge < -0.3 is 15.0 Å². The molecule has 0 spiro atoms. The van der Waals surface area contributed by atoms with Crippen LogP contribution < -0.4 is 21.5 Å². The van der Waals surface area contributed by atoms with Gasteiger partial charge in [-0.25, -0.2) is 14.5 Å². The van der Waals surface area contributed by atoms with Crippen LogP contribution >= 0.6 is 0 Å². The summed E-state index contributed by atoms with van der Waals surface area (Å²) in [6.07, 6.45) is 1.05. The minimum Gasteiger partial charge on any atom is -0.443 e. The number of anilines is 2. The Morgan fingerprint density at radius 1 is 0.962 bits per heavy atom. The Hall–Kier alpha value is -6.59. The van der Waals surface area contributed by atoms with Crippen LogP contribution in [0.4, 0.5) is 16.2 Å². The van der Waals surface area contributed by atoms with Crippen molar-refractivity contribution >= 4 is 63.6 Å². The maximum atomic E-state index is 13.6. The summed E-state index contributed by atoms with van der Waals surface area (Å²) in [5.41, 5.74) is 1.36. The fourth-order valence-corrected chi connectivity index (χ4v) is 6.77. The molecule has 2 atom stereocenters. The molecule has 0 bridgehead atoms. The lowest BCUT2D eigenvalue weighted by atomic mass is 9.92. The number of hydrogen-bond donors (Lipinski definition) is 3. The molecule has 2 fully saturated rings. The zero-order valence-corrected chi connectivity index (χ0v) is 27.7. The monoisotopic (exact) mass is 709 g/mol. The Balaban J connectivity index is 0.970. The van der Waals surface area contributed by atoms with Gasteiger partial charge >= 0.3 is 6.09 Å². The number of benzene rings is 2.